The maximum Gasteiger partial charge on any atom is 0.315 e. The highest BCUT2D eigenvalue weighted by molar-refractivity contribution is 5.82. The Bertz CT molecular complexity index is 628. The first-order valence-corrected chi connectivity index (χ1v) is 7.54. The number of nitrogens with one attached hydrogen (secondary N) is 2. The number of aryl methyl sites for hydroxylation is 2. The first-order chi connectivity index (χ1) is 9.97. The molecule has 0 aliphatic rings. The van der Waals surface area contributed by atoms with Gasteiger partial charge >= 0.3 is 6.03 Å². The molecular weight excluding hydrogens is 262 g/mol. The molecule has 4 nitrogen and oxygen atoms in total. The molecular formula is C17H25N3O. The number of urea groups is 1. The van der Waals surface area contributed by atoms with Gasteiger partial charge in [0.15, 0.2) is 0 Å². The van der Waals surface area contributed by atoms with Crippen LogP contribution in [0.1, 0.15) is 31.5 Å². The van der Waals surface area contributed by atoms with Crippen molar-refractivity contribution in [3.05, 3.63) is 35.5 Å². The Morgan fingerprint density at radius 2 is 2.00 bits per heavy atom. The summed E-state index contributed by atoms with van der Waals surface area (Å²) in [5.41, 5.74) is 3.58. The second kappa shape index (κ2) is 6.66. The van der Waals surface area contributed by atoms with Gasteiger partial charge in [-0.25, -0.2) is 4.79 Å². The molecule has 2 rings (SSSR count). The third-order valence-corrected chi connectivity index (χ3v) is 3.81. The van der Waals surface area contributed by atoms with E-state index in [-0.39, 0.29) is 6.03 Å². The van der Waals surface area contributed by atoms with E-state index in [9.17, 15) is 4.79 Å². The fourth-order valence-corrected chi connectivity index (χ4v) is 2.37. The predicted molar refractivity (Wildman–Crippen MR) is 87.3 cm³/mol. The molecule has 2 N–H and O–H groups in total. The zero-order chi connectivity index (χ0) is 15.4. The Morgan fingerprint density at radius 3 is 2.71 bits per heavy atom. The van der Waals surface area contributed by atoms with Gasteiger partial charge in [-0.2, -0.15) is 0 Å². The van der Waals surface area contributed by atoms with E-state index >= 15 is 0 Å². The predicted octanol–water partition coefficient (Wildman–Crippen LogP) is 3.33. The topological polar surface area (TPSA) is 46.1 Å². The van der Waals surface area contributed by atoms with Crippen molar-refractivity contribution in [3.63, 3.8) is 0 Å². The molecule has 21 heavy (non-hydrogen) atoms. The molecule has 114 valence electrons. The van der Waals surface area contributed by atoms with E-state index in [0.29, 0.717) is 12.5 Å². The smallest absolute Gasteiger partial charge is 0.315 e. The van der Waals surface area contributed by atoms with E-state index in [2.05, 4.69) is 67.3 Å². The van der Waals surface area contributed by atoms with Crippen LogP contribution < -0.4 is 10.6 Å². The first-order valence-electron chi connectivity index (χ1n) is 7.54. The zero-order valence-corrected chi connectivity index (χ0v) is 13.4. The third-order valence-electron chi connectivity index (χ3n) is 3.81. The Hall–Kier alpha value is -1.97. The van der Waals surface area contributed by atoms with Crippen LogP contribution in [-0.2, 0) is 13.6 Å². The highest BCUT2D eigenvalue weighted by Gasteiger charge is 2.05. The molecule has 0 saturated heterocycles. The van der Waals surface area contributed by atoms with E-state index < -0.39 is 0 Å². The lowest BCUT2D eigenvalue weighted by molar-refractivity contribution is 0.240. The van der Waals surface area contributed by atoms with Crippen LogP contribution in [0.2, 0.25) is 0 Å². The quantitative estimate of drug-likeness (QED) is 0.870. The molecule has 0 bridgehead atoms. The molecule has 0 aliphatic heterocycles. The van der Waals surface area contributed by atoms with Crippen molar-refractivity contribution in [2.24, 2.45) is 13.0 Å². The summed E-state index contributed by atoms with van der Waals surface area (Å²) >= 11 is 0. The summed E-state index contributed by atoms with van der Waals surface area (Å²) in [4.78, 5) is 11.7. The number of benzene rings is 1. The highest BCUT2D eigenvalue weighted by Crippen LogP contribution is 2.19. The molecule has 0 radical (unpaired) electrons. The van der Waals surface area contributed by atoms with Crippen molar-refractivity contribution in [2.75, 3.05) is 6.54 Å². The molecule has 0 atom stereocenters. The van der Waals surface area contributed by atoms with Crippen molar-refractivity contribution in [3.8, 4) is 0 Å². The number of hydrogen-bond acceptors (Lipinski definition) is 1. The molecule has 0 spiro atoms. The normalized spacial score (nSPS) is 11.1. The molecule has 1 aromatic heterocycles. The minimum Gasteiger partial charge on any atom is -0.348 e. The Morgan fingerprint density at radius 1 is 1.24 bits per heavy atom. The standard InChI is InChI=1S/C17H25N3O/c1-12(2)7-8-18-17(21)19-11-14-5-6-16-15(10-14)9-13(3)20(16)4/h5-6,9-10,12H,7-8,11H2,1-4H3,(H2,18,19,21). The van der Waals surface area contributed by atoms with Gasteiger partial charge in [-0.15, -0.1) is 0 Å². The maximum atomic E-state index is 11.7. The third kappa shape index (κ3) is 4.00. The van der Waals surface area contributed by atoms with Crippen LogP contribution in [0.3, 0.4) is 0 Å². The Kier molecular flexibility index (Phi) is 4.89. The minimum absolute atomic E-state index is 0.0972. The van der Waals surface area contributed by atoms with Gasteiger partial charge in [0, 0.05) is 36.7 Å². The molecule has 1 heterocycles. The number of hydrogen-bond donors (Lipinski definition) is 2. The van der Waals surface area contributed by atoms with E-state index in [1.54, 1.807) is 0 Å². The fraction of sp³-hybridized carbons (Fsp3) is 0.471. The number of rotatable bonds is 5. The van der Waals surface area contributed by atoms with Crippen LogP contribution in [0.5, 0.6) is 0 Å². The molecule has 4 heteroatoms. The average molecular weight is 287 g/mol. The Balaban J connectivity index is 1.90. The summed E-state index contributed by atoms with van der Waals surface area (Å²) in [5, 5.41) is 7.00. The minimum atomic E-state index is -0.0972. The van der Waals surface area contributed by atoms with Crippen molar-refractivity contribution >= 4 is 16.9 Å². The summed E-state index contributed by atoms with van der Waals surface area (Å²) in [5.74, 6) is 0.606. The number of carbonyl (C=O) groups excluding carboxylic acids is 1. The van der Waals surface area contributed by atoms with Crippen molar-refractivity contribution < 1.29 is 4.79 Å². The summed E-state index contributed by atoms with van der Waals surface area (Å²) in [6.07, 6.45) is 1.00. The molecule has 0 saturated carbocycles. The van der Waals surface area contributed by atoms with E-state index in [0.717, 1.165) is 18.5 Å². The number of amides is 2. The van der Waals surface area contributed by atoms with Crippen LogP contribution >= 0.6 is 0 Å². The largest absolute Gasteiger partial charge is 0.348 e. The van der Waals surface area contributed by atoms with Crippen LogP contribution in [0, 0.1) is 12.8 Å². The highest BCUT2D eigenvalue weighted by atomic mass is 16.2. The molecule has 2 amide bonds. The van der Waals surface area contributed by atoms with Gasteiger partial charge in [0.25, 0.3) is 0 Å². The molecule has 1 aromatic carbocycles. The number of nitrogens with zero attached hydrogens (tertiary/aromatic N) is 1. The molecule has 0 fully saturated rings. The summed E-state index contributed by atoms with van der Waals surface area (Å²) < 4.78 is 2.17. The van der Waals surface area contributed by atoms with Gasteiger partial charge in [-0.1, -0.05) is 19.9 Å². The van der Waals surface area contributed by atoms with Crippen molar-refractivity contribution in [1.82, 2.24) is 15.2 Å². The van der Waals surface area contributed by atoms with E-state index in [4.69, 9.17) is 0 Å². The molecule has 0 unspecified atom stereocenters. The second-order valence-electron chi connectivity index (χ2n) is 6.03. The maximum absolute atomic E-state index is 11.7. The van der Waals surface area contributed by atoms with Gasteiger partial charge in [-0.3, -0.25) is 0 Å². The molecule has 0 aliphatic carbocycles. The van der Waals surface area contributed by atoms with E-state index in [1.165, 1.54) is 16.6 Å². The number of fused-ring (bicyclic) bond motifs is 1. The van der Waals surface area contributed by atoms with Crippen LogP contribution in [0.15, 0.2) is 24.3 Å². The lowest BCUT2D eigenvalue weighted by atomic mass is 10.1. The van der Waals surface area contributed by atoms with Gasteiger partial charge in [0.2, 0.25) is 0 Å². The van der Waals surface area contributed by atoms with Crippen LogP contribution in [0.4, 0.5) is 4.79 Å². The van der Waals surface area contributed by atoms with Gasteiger partial charge in [0.05, 0.1) is 0 Å². The Labute approximate surface area is 126 Å². The second-order valence-corrected chi connectivity index (χ2v) is 6.03. The first kappa shape index (κ1) is 15.4. The van der Waals surface area contributed by atoms with Gasteiger partial charge in [-0.05, 0) is 43.0 Å². The van der Waals surface area contributed by atoms with Crippen LogP contribution in [0.25, 0.3) is 10.9 Å². The number of aromatic nitrogens is 1. The SMILES string of the molecule is Cc1cc2cc(CNC(=O)NCCC(C)C)ccc2n1C. The van der Waals surface area contributed by atoms with Gasteiger partial charge in [0.1, 0.15) is 0 Å². The summed E-state index contributed by atoms with van der Waals surface area (Å²) in [7, 11) is 2.07. The summed E-state index contributed by atoms with van der Waals surface area (Å²) in [6, 6.07) is 8.38. The monoisotopic (exact) mass is 287 g/mol. The zero-order valence-electron chi connectivity index (χ0n) is 13.4. The average Bonchev–Trinajstić information content (AvgIpc) is 2.71. The van der Waals surface area contributed by atoms with E-state index in [1.807, 2.05) is 0 Å². The van der Waals surface area contributed by atoms with Crippen LogP contribution in [-0.4, -0.2) is 17.1 Å². The number of carbonyl (C=O) groups is 1. The summed E-state index contributed by atoms with van der Waals surface area (Å²) in [6.45, 7) is 7.67. The molecule has 2 aromatic rings. The lowest BCUT2D eigenvalue weighted by Gasteiger charge is -2.09. The van der Waals surface area contributed by atoms with Gasteiger partial charge < -0.3 is 15.2 Å². The van der Waals surface area contributed by atoms with Crippen molar-refractivity contribution in [2.45, 2.75) is 33.7 Å². The van der Waals surface area contributed by atoms with Crippen molar-refractivity contribution in [1.29, 1.82) is 0 Å². The fourth-order valence-electron chi connectivity index (χ4n) is 2.37. The lowest BCUT2D eigenvalue weighted by Crippen LogP contribution is -2.35.